The first-order chi connectivity index (χ1) is 9.81. The Bertz CT molecular complexity index is 523. The predicted octanol–water partition coefficient (Wildman–Crippen LogP) is 3.04. The maximum Gasteiger partial charge on any atom is 0.123 e. The number of rotatable bonds is 7. The zero-order valence-electron chi connectivity index (χ0n) is 12.1. The summed E-state index contributed by atoms with van der Waals surface area (Å²) >= 11 is 0. The van der Waals surface area contributed by atoms with Gasteiger partial charge in [-0.3, -0.25) is 0 Å². The molecule has 0 saturated carbocycles. The van der Waals surface area contributed by atoms with Crippen molar-refractivity contribution in [3.05, 3.63) is 59.7 Å². The van der Waals surface area contributed by atoms with Crippen LogP contribution >= 0.6 is 0 Å². The minimum atomic E-state index is 0.569. The van der Waals surface area contributed by atoms with Crippen LogP contribution in [0.3, 0.4) is 0 Å². The van der Waals surface area contributed by atoms with Crippen LogP contribution in [0.1, 0.15) is 11.1 Å². The number of hydrogen-bond acceptors (Lipinski definition) is 3. The van der Waals surface area contributed by atoms with Gasteiger partial charge >= 0.3 is 0 Å². The fraction of sp³-hybridized carbons (Fsp3) is 0.294. The van der Waals surface area contributed by atoms with Crippen LogP contribution in [0.15, 0.2) is 48.5 Å². The molecule has 0 aliphatic carbocycles. The van der Waals surface area contributed by atoms with Crippen molar-refractivity contribution in [2.45, 2.75) is 13.0 Å². The summed E-state index contributed by atoms with van der Waals surface area (Å²) in [6.45, 7) is 1.57. The first-order valence-corrected chi connectivity index (χ1v) is 6.81. The normalized spacial score (nSPS) is 10.3. The Labute approximate surface area is 120 Å². The largest absolute Gasteiger partial charge is 0.497 e. The van der Waals surface area contributed by atoms with Crippen molar-refractivity contribution in [1.29, 1.82) is 0 Å². The molecular weight excluding hydrogens is 250 g/mol. The molecule has 0 atom stereocenters. The van der Waals surface area contributed by atoms with Crippen LogP contribution in [-0.2, 0) is 13.0 Å². The Hall–Kier alpha value is -2.00. The number of likely N-dealkylation sites (N-methyl/N-ethyl adjacent to an activating group) is 1. The predicted molar refractivity (Wildman–Crippen MR) is 81.4 cm³/mol. The SMILES string of the molecule is CNCCc1ccc(COc2cccc(OC)c2)cc1. The Kier molecular flexibility index (Phi) is 5.44. The van der Waals surface area contributed by atoms with Crippen molar-refractivity contribution < 1.29 is 9.47 Å². The molecule has 0 heterocycles. The van der Waals surface area contributed by atoms with Gasteiger partial charge in [-0.05, 0) is 43.3 Å². The number of hydrogen-bond donors (Lipinski definition) is 1. The van der Waals surface area contributed by atoms with E-state index < -0.39 is 0 Å². The molecule has 106 valence electrons. The summed E-state index contributed by atoms with van der Waals surface area (Å²) in [5, 5.41) is 3.15. The summed E-state index contributed by atoms with van der Waals surface area (Å²) in [5.41, 5.74) is 2.51. The van der Waals surface area contributed by atoms with Crippen LogP contribution in [0.4, 0.5) is 0 Å². The molecular formula is C17H21NO2. The highest BCUT2D eigenvalue weighted by atomic mass is 16.5. The van der Waals surface area contributed by atoms with E-state index in [1.54, 1.807) is 7.11 Å². The van der Waals surface area contributed by atoms with Gasteiger partial charge in [-0.2, -0.15) is 0 Å². The van der Waals surface area contributed by atoms with E-state index >= 15 is 0 Å². The van der Waals surface area contributed by atoms with Crippen molar-refractivity contribution in [2.75, 3.05) is 20.7 Å². The first kappa shape index (κ1) is 14.4. The molecule has 0 radical (unpaired) electrons. The third kappa shape index (κ3) is 4.28. The van der Waals surface area contributed by atoms with E-state index in [1.165, 1.54) is 11.1 Å². The van der Waals surface area contributed by atoms with Crippen molar-refractivity contribution >= 4 is 0 Å². The van der Waals surface area contributed by atoms with E-state index in [-0.39, 0.29) is 0 Å². The van der Waals surface area contributed by atoms with Gasteiger partial charge in [0.1, 0.15) is 18.1 Å². The third-order valence-corrected chi connectivity index (χ3v) is 3.13. The second-order valence-corrected chi connectivity index (χ2v) is 4.64. The van der Waals surface area contributed by atoms with E-state index in [0.29, 0.717) is 6.61 Å². The molecule has 0 unspecified atom stereocenters. The molecule has 0 saturated heterocycles. The molecule has 0 aromatic heterocycles. The highest BCUT2D eigenvalue weighted by Crippen LogP contribution is 2.20. The number of benzene rings is 2. The van der Waals surface area contributed by atoms with Gasteiger partial charge in [0.05, 0.1) is 7.11 Å². The molecule has 0 aliphatic rings. The maximum atomic E-state index is 5.76. The van der Waals surface area contributed by atoms with E-state index in [4.69, 9.17) is 9.47 Å². The lowest BCUT2D eigenvalue weighted by molar-refractivity contribution is 0.303. The zero-order chi connectivity index (χ0) is 14.2. The lowest BCUT2D eigenvalue weighted by atomic mass is 10.1. The Morgan fingerprint density at radius 2 is 1.65 bits per heavy atom. The highest BCUT2D eigenvalue weighted by Gasteiger charge is 1.99. The molecule has 0 aliphatic heterocycles. The molecule has 0 amide bonds. The lowest BCUT2D eigenvalue weighted by Crippen LogP contribution is -2.10. The second-order valence-electron chi connectivity index (χ2n) is 4.64. The van der Waals surface area contributed by atoms with Crippen molar-refractivity contribution in [2.24, 2.45) is 0 Å². The zero-order valence-corrected chi connectivity index (χ0v) is 12.1. The summed E-state index contributed by atoms with van der Waals surface area (Å²) < 4.78 is 10.9. The molecule has 3 heteroatoms. The summed E-state index contributed by atoms with van der Waals surface area (Å²) in [6, 6.07) is 16.2. The second kappa shape index (κ2) is 7.56. The fourth-order valence-corrected chi connectivity index (χ4v) is 1.93. The van der Waals surface area contributed by atoms with Crippen molar-refractivity contribution in [3.8, 4) is 11.5 Å². The van der Waals surface area contributed by atoms with Crippen LogP contribution in [0.25, 0.3) is 0 Å². The molecule has 0 bridgehead atoms. The van der Waals surface area contributed by atoms with Gasteiger partial charge < -0.3 is 14.8 Å². The van der Waals surface area contributed by atoms with Gasteiger partial charge in [0.15, 0.2) is 0 Å². The molecule has 0 fully saturated rings. The molecule has 20 heavy (non-hydrogen) atoms. The standard InChI is InChI=1S/C17H21NO2/c1-18-11-10-14-6-8-15(9-7-14)13-20-17-5-3-4-16(12-17)19-2/h3-9,12,18H,10-11,13H2,1-2H3. The minimum Gasteiger partial charge on any atom is -0.497 e. The van der Waals surface area contributed by atoms with E-state index in [2.05, 4.69) is 29.6 Å². The highest BCUT2D eigenvalue weighted by molar-refractivity contribution is 5.33. The van der Waals surface area contributed by atoms with Crippen LogP contribution < -0.4 is 14.8 Å². The Balaban J connectivity index is 1.89. The van der Waals surface area contributed by atoms with Gasteiger partial charge in [-0.15, -0.1) is 0 Å². The molecule has 2 rings (SSSR count). The summed E-state index contributed by atoms with van der Waals surface area (Å²) in [6.07, 6.45) is 1.05. The van der Waals surface area contributed by atoms with Gasteiger partial charge in [0.25, 0.3) is 0 Å². The third-order valence-electron chi connectivity index (χ3n) is 3.13. The van der Waals surface area contributed by atoms with Crippen molar-refractivity contribution in [1.82, 2.24) is 5.32 Å². The first-order valence-electron chi connectivity index (χ1n) is 6.81. The van der Waals surface area contributed by atoms with E-state index in [9.17, 15) is 0 Å². The summed E-state index contributed by atoms with van der Waals surface area (Å²) in [7, 11) is 3.62. The van der Waals surface area contributed by atoms with Gasteiger partial charge in [0.2, 0.25) is 0 Å². The Morgan fingerprint density at radius 1 is 0.950 bits per heavy atom. The number of methoxy groups -OCH3 is 1. The quantitative estimate of drug-likeness (QED) is 0.839. The van der Waals surface area contributed by atoms with Crippen LogP contribution in [0.5, 0.6) is 11.5 Å². The molecule has 3 nitrogen and oxygen atoms in total. The maximum absolute atomic E-state index is 5.76. The van der Waals surface area contributed by atoms with Crippen molar-refractivity contribution in [3.63, 3.8) is 0 Å². The Morgan fingerprint density at radius 3 is 2.35 bits per heavy atom. The number of ether oxygens (including phenoxy) is 2. The average molecular weight is 271 g/mol. The summed E-state index contributed by atoms with van der Waals surface area (Å²) in [5.74, 6) is 1.63. The smallest absolute Gasteiger partial charge is 0.123 e. The van der Waals surface area contributed by atoms with Gasteiger partial charge in [0, 0.05) is 6.07 Å². The fourth-order valence-electron chi connectivity index (χ4n) is 1.93. The molecule has 1 N–H and O–H groups in total. The minimum absolute atomic E-state index is 0.569. The topological polar surface area (TPSA) is 30.5 Å². The molecule has 2 aromatic carbocycles. The lowest BCUT2D eigenvalue weighted by Gasteiger charge is -2.08. The monoisotopic (exact) mass is 271 g/mol. The van der Waals surface area contributed by atoms with Crippen LogP contribution in [0, 0.1) is 0 Å². The van der Waals surface area contributed by atoms with Gasteiger partial charge in [-0.1, -0.05) is 30.3 Å². The van der Waals surface area contributed by atoms with Crippen LogP contribution in [0.2, 0.25) is 0 Å². The average Bonchev–Trinajstić information content (AvgIpc) is 2.52. The molecule has 0 spiro atoms. The summed E-state index contributed by atoms with van der Waals surface area (Å²) in [4.78, 5) is 0. The van der Waals surface area contributed by atoms with E-state index in [1.807, 2.05) is 31.3 Å². The number of nitrogens with one attached hydrogen (secondary N) is 1. The van der Waals surface area contributed by atoms with E-state index in [0.717, 1.165) is 24.5 Å². The molecule has 2 aromatic rings. The van der Waals surface area contributed by atoms with Crippen LogP contribution in [-0.4, -0.2) is 20.7 Å². The van der Waals surface area contributed by atoms with Gasteiger partial charge in [-0.25, -0.2) is 0 Å².